The fourth-order valence-electron chi connectivity index (χ4n) is 3.06. The zero-order valence-corrected chi connectivity index (χ0v) is 15.1. The minimum absolute atomic E-state index is 0.217. The first-order chi connectivity index (χ1) is 12.6. The predicted octanol–water partition coefficient (Wildman–Crippen LogP) is 5.32. The van der Waals surface area contributed by atoms with Crippen LogP contribution >= 0.6 is 11.3 Å². The summed E-state index contributed by atoms with van der Waals surface area (Å²) in [6, 6.07) is 18.8. The fraction of sp³-hybridized carbons (Fsp3) is 0.0952. The second-order valence-electron chi connectivity index (χ2n) is 6.19. The van der Waals surface area contributed by atoms with E-state index < -0.39 is 0 Å². The van der Waals surface area contributed by atoms with Gasteiger partial charge >= 0.3 is 0 Å². The van der Waals surface area contributed by atoms with E-state index in [1.165, 1.54) is 12.1 Å². The molecular weight excluding hydrogens is 345 g/mol. The molecule has 0 aliphatic carbocycles. The van der Waals surface area contributed by atoms with Gasteiger partial charge in [-0.1, -0.05) is 35.6 Å². The number of nitrogens with two attached hydrogens (primary N) is 1. The Balaban J connectivity index is 1.85. The Kier molecular flexibility index (Phi) is 4.31. The molecule has 0 bridgehead atoms. The lowest BCUT2D eigenvalue weighted by Crippen LogP contribution is -1.92. The number of thiazole rings is 1. The molecule has 0 saturated carbocycles. The van der Waals surface area contributed by atoms with Gasteiger partial charge in [-0.2, -0.15) is 0 Å². The normalized spacial score (nSPS) is 11.0. The Bertz CT molecular complexity index is 1070. The van der Waals surface area contributed by atoms with E-state index in [2.05, 4.69) is 17.4 Å². The van der Waals surface area contributed by atoms with E-state index in [0.29, 0.717) is 0 Å². The van der Waals surface area contributed by atoms with Crippen molar-refractivity contribution in [1.29, 1.82) is 0 Å². The largest absolute Gasteiger partial charge is 0.399 e. The summed E-state index contributed by atoms with van der Waals surface area (Å²) in [4.78, 5) is 4.71. The molecule has 0 aliphatic rings. The number of hydrogen-bond acceptors (Lipinski definition) is 4. The van der Waals surface area contributed by atoms with Crippen molar-refractivity contribution in [2.75, 3.05) is 18.1 Å². The lowest BCUT2D eigenvalue weighted by molar-refractivity contribution is 0.627. The van der Waals surface area contributed by atoms with E-state index in [1.54, 1.807) is 11.3 Å². The van der Waals surface area contributed by atoms with Crippen LogP contribution in [0.4, 0.5) is 15.2 Å². The van der Waals surface area contributed by atoms with Crippen molar-refractivity contribution < 1.29 is 4.39 Å². The number of anilines is 2. The molecule has 130 valence electrons. The van der Waals surface area contributed by atoms with Gasteiger partial charge in [-0.05, 0) is 59.5 Å². The van der Waals surface area contributed by atoms with E-state index in [-0.39, 0.29) is 5.82 Å². The van der Waals surface area contributed by atoms with E-state index in [4.69, 9.17) is 10.7 Å². The van der Waals surface area contributed by atoms with Crippen LogP contribution in [0.1, 0.15) is 11.1 Å². The maximum atomic E-state index is 13.2. The van der Waals surface area contributed by atoms with Crippen molar-refractivity contribution >= 4 is 32.4 Å². The van der Waals surface area contributed by atoms with Gasteiger partial charge in [0.25, 0.3) is 0 Å². The first kappa shape index (κ1) is 16.5. The van der Waals surface area contributed by atoms with Crippen LogP contribution in [0.2, 0.25) is 0 Å². The van der Waals surface area contributed by atoms with Crippen molar-refractivity contribution in [3.63, 3.8) is 0 Å². The summed E-state index contributed by atoms with van der Waals surface area (Å²) in [7, 11) is 1.87. The molecule has 26 heavy (non-hydrogen) atoms. The Morgan fingerprint density at radius 3 is 2.58 bits per heavy atom. The number of fused-ring (bicyclic) bond motifs is 1. The van der Waals surface area contributed by atoms with Crippen LogP contribution in [-0.2, 0) is 6.42 Å². The fourth-order valence-corrected chi connectivity index (χ4v) is 3.97. The van der Waals surface area contributed by atoms with Gasteiger partial charge in [0.1, 0.15) is 5.82 Å². The van der Waals surface area contributed by atoms with E-state index in [1.807, 2.05) is 43.4 Å². The summed E-state index contributed by atoms with van der Waals surface area (Å²) in [6.07, 6.45) is 0.734. The van der Waals surface area contributed by atoms with Crippen molar-refractivity contribution in [3.8, 4) is 11.1 Å². The summed E-state index contributed by atoms with van der Waals surface area (Å²) in [5.74, 6) is -0.217. The van der Waals surface area contributed by atoms with Gasteiger partial charge in [-0.3, -0.25) is 0 Å². The molecule has 0 unspecified atom stereocenters. The first-order valence-corrected chi connectivity index (χ1v) is 9.15. The molecule has 0 fully saturated rings. The van der Waals surface area contributed by atoms with Crippen LogP contribution in [-0.4, -0.2) is 12.0 Å². The quantitative estimate of drug-likeness (QED) is 0.483. The predicted molar refractivity (Wildman–Crippen MR) is 108 cm³/mol. The van der Waals surface area contributed by atoms with Crippen LogP contribution in [0.15, 0.2) is 60.7 Å². The van der Waals surface area contributed by atoms with Gasteiger partial charge in [0.15, 0.2) is 5.13 Å². The van der Waals surface area contributed by atoms with Crippen molar-refractivity contribution in [3.05, 3.63) is 77.6 Å². The third-order valence-corrected chi connectivity index (χ3v) is 5.31. The van der Waals surface area contributed by atoms with Crippen LogP contribution in [0.25, 0.3) is 21.3 Å². The number of halogens is 1. The SMILES string of the molecule is CNc1nc2c(-c3cccc(N)c3)cc(Cc3ccc(F)cc3)cc2s1. The molecule has 1 heterocycles. The van der Waals surface area contributed by atoms with Gasteiger partial charge in [0.05, 0.1) is 10.2 Å². The molecule has 1 aromatic heterocycles. The number of nitrogens with one attached hydrogen (secondary N) is 1. The molecule has 0 amide bonds. The number of hydrogen-bond donors (Lipinski definition) is 2. The third-order valence-electron chi connectivity index (χ3n) is 4.29. The maximum Gasteiger partial charge on any atom is 0.183 e. The van der Waals surface area contributed by atoms with Gasteiger partial charge in [-0.15, -0.1) is 0 Å². The number of nitrogen functional groups attached to an aromatic ring is 1. The molecule has 5 heteroatoms. The van der Waals surface area contributed by atoms with Gasteiger partial charge < -0.3 is 11.1 Å². The molecule has 0 aliphatic heterocycles. The summed E-state index contributed by atoms with van der Waals surface area (Å²) >= 11 is 1.62. The highest BCUT2D eigenvalue weighted by Gasteiger charge is 2.12. The van der Waals surface area contributed by atoms with Gasteiger partial charge in [-0.25, -0.2) is 9.37 Å². The summed E-state index contributed by atoms with van der Waals surface area (Å²) < 4.78 is 14.3. The third kappa shape index (κ3) is 3.26. The zero-order chi connectivity index (χ0) is 18.1. The Morgan fingerprint density at radius 1 is 1.04 bits per heavy atom. The van der Waals surface area contributed by atoms with Gasteiger partial charge in [0, 0.05) is 18.3 Å². The van der Waals surface area contributed by atoms with E-state index in [9.17, 15) is 4.39 Å². The Morgan fingerprint density at radius 2 is 1.85 bits per heavy atom. The molecule has 3 aromatic carbocycles. The van der Waals surface area contributed by atoms with Crippen LogP contribution in [0.3, 0.4) is 0 Å². The van der Waals surface area contributed by atoms with Crippen molar-refractivity contribution in [1.82, 2.24) is 4.98 Å². The lowest BCUT2D eigenvalue weighted by atomic mass is 9.98. The topological polar surface area (TPSA) is 50.9 Å². The standard InChI is InChI=1S/C21H18FN3S/c1-24-21-25-20-18(15-3-2-4-17(23)12-15)10-14(11-19(20)26-21)9-13-5-7-16(22)8-6-13/h2-8,10-12H,9,23H2,1H3,(H,24,25). The lowest BCUT2D eigenvalue weighted by Gasteiger charge is -2.08. The molecule has 0 spiro atoms. The average molecular weight is 363 g/mol. The molecule has 0 atom stereocenters. The summed E-state index contributed by atoms with van der Waals surface area (Å²) in [5, 5.41) is 4.00. The van der Waals surface area contributed by atoms with Crippen molar-refractivity contribution in [2.45, 2.75) is 6.42 Å². The Labute approximate surface area is 155 Å². The summed E-state index contributed by atoms with van der Waals surface area (Å²) in [6.45, 7) is 0. The second kappa shape index (κ2) is 6.77. The molecule has 0 saturated heterocycles. The van der Waals surface area contributed by atoms with Crippen LogP contribution in [0, 0.1) is 5.82 Å². The number of benzene rings is 3. The second-order valence-corrected chi connectivity index (χ2v) is 7.22. The highest BCUT2D eigenvalue weighted by Crippen LogP contribution is 2.36. The number of rotatable bonds is 4. The highest BCUT2D eigenvalue weighted by atomic mass is 32.1. The molecular formula is C21H18FN3S. The van der Waals surface area contributed by atoms with Gasteiger partial charge in [0.2, 0.25) is 0 Å². The molecule has 3 nitrogen and oxygen atoms in total. The maximum absolute atomic E-state index is 13.2. The summed E-state index contributed by atoms with van der Waals surface area (Å²) in [5.41, 5.74) is 12.0. The minimum Gasteiger partial charge on any atom is -0.399 e. The molecule has 3 N–H and O–H groups in total. The number of nitrogens with zero attached hydrogens (tertiary/aromatic N) is 1. The Hall–Kier alpha value is -2.92. The smallest absolute Gasteiger partial charge is 0.183 e. The number of aromatic nitrogens is 1. The monoisotopic (exact) mass is 363 g/mol. The highest BCUT2D eigenvalue weighted by molar-refractivity contribution is 7.22. The van der Waals surface area contributed by atoms with Crippen molar-refractivity contribution in [2.24, 2.45) is 0 Å². The van der Waals surface area contributed by atoms with E-state index >= 15 is 0 Å². The van der Waals surface area contributed by atoms with Crippen LogP contribution in [0.5, 0.6) is 0 Å². The average Bonchev–Trinajstić information content (AvgIpc) is 3.06. The molecule has 4 aromatic rings. The minimum atomic E-state index is -0.217. The zero-order valence-electron chi connectivity index (χ0n) is 14.3. The molecule has 0 radical (unpaired) electrons. The first-order valence-electron chi connectivity index (χ1n) is 8.34. The van der Waals surface area contributed by atoms with E-state index in [0.717, 1.165) is 49.7 Å². The van der Waals surface area contributed by atoms with Crippen LogP contribution < -0.4 is 11.1 Å². The molecule has 4 rings (SSSR count).